The van der Waals surface area contributed by atoms with Crippen molar-refractivity contribution in [3.63, 3.8) is 0 Å². The highest BCUT2D eigenvalue weighted by molar-refractivity contribution is 5.67. The Labute approximate surface area is 70.1 Å². The first-order valence-corrected chi connectivity index (χ1v) is 3.70. The van der Waals surface area contributed by atoms with E-state index < -0.39 is 0 Å². The topological polar surface area (TPSA) is 33.4 Å². The molecule has 1 N–H and O–H groups in total. The summed E-state index contributed by atoms with van der Waals surface area (Å²) in [5.74, 6) is -0.0267. The Balaban J connectivity index is 2.51. The number of hydrogen-bond donors (Lipinski definition) is 1. The molecular formula is C10H8O2. The van der Waals surface area contributed by atoms with E-state index in [-0.39, 0.29) is 5.95 Å². The van der Waals surface area contributed by atoms with Gasteiger partial charge in [0.25, 0.3) is 5.95 Å². The van der Waals surface area contributed by atoms with Crippen molar-refractivity contribution in [3.05, 3.63) is 42.7 Å². The lowest BCUT2D eigenvalue weighted by Crippen LogP contribution is -1.71. The van der Waals surface area contributed by atoms with E-state index in [0.29, 0.717) is 0 Å². The molecule has 0 aliphatic heterocycles. The molecule has 1 heterocycles. The molecule has 0 bridgehead atoms. The van der Waals surface area contributed by atoms with E-state index in [2.05, 4.69) is 0 Å². The van der Waals surface area contributed by atoms with Crippen molar-refractivity contribution in [3.8, 4) is 17.1 Å². The van der Waals surface area contributed by atoms with Crippen LogP contribution in [0, 0.1) is 0 Å². The third-order valence-electron chi connectivity index (χ3n) is 1.73. The van der Waals surface area contributed by atoms with Crippen LogP contribution in [0.15, 0.2) is 47.1 Å². The molecule has 2 nitrogen and oxygen atoms in total. The Morgan fingerprint density at radius 3 is 2.33 bits per heavy atom. The molecule has 12 heavy (non-hydrogen) atoms. The Hall–Kier alpha value is -1.70. The number of benzene rings is 1. The average Bonchev–Trinajstić information content (AvgIpc) is 2.53. The second-order valence-corrected chi connectivity index (χ2v) is 2.51. The van der Waals surface area contributed by atoms with Crippen molar-refractivity contribution < 1.29 is 9.52 Å². The Kier molecular flexibility index (Phi) is 1.59. The van der Waals surface area contributed by atoms with Crippen molar-refractivity contribution in [1.82, 2.24) is 0 Å². The molecular weight excluding hydrogens is 152 g/mol. The minimum Gasteiger partial charge on any atom is -0.480 e. The fraction of sp³-hybridized carbons (Fsp3) is 0. The van der Waals surface area contributed by atoms with E-state index in [4.69, 9.17) is 4.42 Å². The second-order valence-electron chi connectivity index (χ2n) is 2.51. The number of furan rings is 1. The molecule has 60 valence electrons. The molecule has 0 fully saturated rings. The van der Waals surface area contributed by atoms with Crippen molar-refractivity contribution in [2.45, 2.75) is 0 Å². The van der Waals surface area contributed by atoms with Crippen molar-refractivity contribution >= 4 is 0 Å². The van der Waals surface area contributed by atoms with Gasteiger partial charge in [0.05, 0.1) is 11.8 Å². The summed E-state index contributed by atoms with van der Waals surface area (Å²) in [5.41, 5.74) is 1.69. The maximum Gasteiger partial charge on any atom is 0.289 e. The standard InChI is InChI=1S/C10H8O2/c11-10-9(6-7-12-10)8-4-2-1-3-5-8/h1-7,11H. The fourth-order valence-corrected chi connectivity index (χ4v) is 1.14. The molecule has 0 amide bonds. The van der Waals surface area contributed by atoms with Crippen LogP contribution in [0.2, 0.25) is 0 Å². The summed E-state index contributed by atoms with van der Waals surface area (Å²) in [6, 6.07) is 11.4. The third kappa shape index (κ3) is 1.07. The van der Waals surface area contributed by atoms with Gasteiger partial charge in [-0.15, -0.1) is 0 Å². The van der Waals surface area contributed by atoms with Gasteiger partial charge in [-0.1, -0.05) is 30.3 Å². The lowest BCUT2D eigenvalue weighted by atomic mass is 10.1. The molecule has 1 aromatic carbocycles. The van der Waals surface area contributed by atoms with Crippen LogP contribution in [-0.2, 0) is 0 Å². The van der Waals surface area contributed by atoms with E-state index >= 15 is 0 Å². The number of aromatic hydroxyl groups is 1. The highest BCUT2D eigenvalue weighted by Crippen LogP contribution is 2.29. The number of rotatable bonds is 1. The van der Waals surface area contributed by atoms with Gasteiger partial charge in [0, 0.05) is 0 Å². The van der Waals surface area contributed by atoms with Crippen molar-refractivity contribution in [2.24, 2.45) is 0 Å². The van der Waals surface area contributed by atoms with E-state index in [0.717, 1.165) is 11.1 Å². The first-order chi connectivity index (χ1) is 5.88. The van der Waals surface area contributed by atoms with Crippen LogP contribution >= 0.6 is 0 Å². The van der Waals surface area contributed by atoms with E-state index in [1.54, 1.807) is 6.07 Å². The molecule has 0 spiro atoms. The van der Waals surface area contributed by atoms with Crippen LogP contribution in [-0.4, -0.2) is 5.11 Å². The highest BCUT2D eigenvalue weighted by atomic mass is 16.5. The Bertz CT molecular complexity index is 362. The summed E-state index contributed by atoms with van der Waals surface area (Å²) in [6.45, 7) is 0. The first kappa shape index (κ1) is 6.98. The largest absolute Gasteiger partial charge is 0.480 e. The van der Waals surface area contributed by atoms with E-state index in [1.807, 2.05) is 30.3 Å². The molecule has 0 aliphatic rings. The molecule has 0 saturated heterocycles. The zero-order chi connectivity index (χ0) is 8.39. The SMILES string of the molecule is Oc1occc1-c1ccccc1. The summed E-state index contributed by atoms with van der Waals surface area (Å²) in [5, 5.41) is 9.24. The molecule has 0 saturated carbocycles. The molecule has 2 rings (SSSR count). The molecule has 2 heteroatoms. The van der Waals surface area contributed by atoms with Crippen LogP contribution in [0.1, 0.15) is 0 Å². The van der Waals surface area contributed by atoms with Gasteiger partial charge in [0.2, 0.25) is 0 Å². The van der Waals surface area contributed by atoms with E-state index in [9.17, 15) is 5.11 Å². The van der Waals surface area contributed by atoms with Crippen LogP contribution in [0.25, 0.3) is 11.1 Å². The molecule has 0 unspecified atom stereocenters. The van der Waals surface area contributed by atoms with E-state index in [1.165, 1.54) is 6.26 Å². The van der Waals surface area contributed by atoms with Crippen LogP contribution < -0.4 is 0 Å². The number of hydrogen-bond acceptors (Lipinski definition) is 2. The summed E-state index contributed by atoms with van der Waals surface area (Å²) in [6.07, 6.45) is 1.47. The zero-order valence-corrected chi connectivity index (χ0v) is 6.40. The minimum atomic E-state index is -0.0267. The molecule has 2 aromatic rings. The molecule has 0 atom stereocenters. The Morgan fingerprint density at radius 2 is 1.75 bits per heavy atom. The molecule has 1 aromatic heterocycles. The summed E-state index contributed by atoms with van der Waals surface area (Å²) >= 11 is 0. The molecule has 0 radical (unpaired) electrons. The van der Waals surface area contributed by atoms with Crippen molar-refractivity contribution in [1.29, 1.82) is 0 Å². The first-order valence-electron chi connectivity index (χ1n) is 3.70. The van der Waals surface area contributed by atoms with Gasteiger partial charge in [-0.3, -0.25) is 0 Å². The van der Waals surface area contributed by atoms with Crippen LogP contribution in [0.4, 0.5) is 0 Å². The van der Waals surface area contributed by atoms with Crippen molar-refractivity contribution in [2.75, 3.05) is 0 Å². The Morgan fingerprint density at radius 1 is 1.00 bits per heavy atom. The predicted octanol–water partition coefficient (Wildman–Crippen LogP) is 2.65. The summed E-state index contributed by atoms with van der Waals surface area (Å²) in [7, 11) is 0. The quantitative estimate of drug-likeness (QED) is 0.695. The fourth-order valence-electron chi connectivity index (χ4n) is 1.14. The van der Waals surface area contributed by atoms with Gasteiger partial charge >= 0.3 is 0 Å². The lowest BCUT2D eigenvalue weighted by Gasteiger charge is -1.95. The normalized spacial score (nSPS) is 10.0. The zero-order valence-electron chi connectivity index (χ0n) is 6.40. The smallest absolute Gasteiger partial charge is 0.289 e. The maximum atomic E-state index is 9.24. The average molecular weight is 160 g/mol. The second kappa shape index (κ2) is 2.74. The third-order valence-corrected chi connectivity index (χ3v) is 1.73. The highest BCUT2D eigenvalue weighted by Gasteiger charge is 2.04. The van der Waals surface area contributed by atoms with Gasteiger partial charge < -0.3 is 9.52 Å². The predicted molar refractivity (Wildman–Crippen MR) is 45.8 cm³/mol. The van der Waals surface area contributed by atoms with Gasteiger partial charge in [-0.05, 0) is 11.6 Å². The van der Waals surface area contributed by atoms with Gasteiger partial charge in [0.1, 0.15) is 0 Å². The van der Waals surface area contributed by atoms with Gasteiger partial charge in [0.15, 0.2) is 0 Å². The van der Waals surface area contributed by atoms with Gasteiger partial charge in [-0.2, -0.15) is 0 Å². The monoisotopic (exact) mass is 160 g/mol. The summed E-state index contributed by atoms with van der Waals surface area (Å²) < 4.78 is 4.77. The van der Waals surface area contributed by atoms with Crippen LogP contribution in [0.3, 0.4) is 0 Å². The summed E-state index contributed by atoms with van der Waals surface area (Å²) in [4.78, 5) is 0. The lowest BCUT2D eigenvalue weighted by molar-refractivity contribution is 0.334. The van der Waals surface area contributed by atoms with Crippen LogP contribution in [0.5, 0.6) is 5.95 Å². The van der Waals surface area contributed by atoms with Gasteiger partial charge in [-0.25, -0.2) is 0 Å². The maximum absolute atomic E-state index is 9.24. The minimum absolute atomic E-state index is 0.0267. The molecule has 0 aliphatic carbocycles.